The molecule has 1 N–H and O–H groups in total. The second kappa shape index (κ2) is 4.99. The third kappa shape index (κ3) is 2.92. The molecule has 17 heavy (non-hydrogen) atoms. The maximum absolute atomic E-state index is 12.2. The fourth-order valence-electron chi connectivity index (χ4n) is 2.28. The van der Waals surface area contributed by atoms with Crippen LogP contribution in [-0.2, 0) is 10.0 Å². The zero-order valence-electron chi connectivity index (χ0n) is 9.86. The maximum Gasteiger partial charge on any atom is 0.241 e. The Hall–Kier alpha value is 0.0900. The third-order valence-corrected chi connectivity index (χ3v) is 6.60. The van der Waals surface area contributed by atoms with Gasteiger partial charge in [0, 0.05) is 10.9 Å². The lowest BCUT2D eigenvalue weighted by Crippen LogP contribution is -2.36. The van der Waals surface area contributed by atoms with Crippen molar-refractivity contribution in [3.8, 4) is 0 Å². The molecule has 1 saturated carbocycles. The smallest absolute Gasteiger partial charge is 0.208 e. The van der Waals surface area contributed by atoms with Crippen LogP contribution in [0, 0.1) is 12.8 Å². The number of hydrogen-bond acceptors (Lipinski definition) is 3. The molecule has 96 valence electrons. The van der Waals surface area contributed by atoms with E-state index in [9.17, 15) is 8.42 Å². The largest absolute Gasteiger partial charge is 0.241 e. The molecule has 2 unspecified atom stereocenters. The van der Waals surface area contributed by atoms with Crippen molar-refractivity contribution in [3.05, 3.63) is 14.7 Å². The molecule has 3 nitrogen and oxygen atoms in total. The summed E-state index contributed by atoms with van der Waals surface area (Å²) < 4.78 is 28.2. The van der Waals surface area contributed by atoms with Crippen LogP contribution >= 0.6 is 27.3 Å². The molecule has 1 aromatic heterocycles. The minimum atomic E-state index is -3.36. The van der Waals surface area contributed by atoms with Crippen LogP contribution in [0.2, 0.25) is 0 Å². The van der Waals surface area contributed by atoms with Crippen LogP contribution in [-0.4, -0.2) is 14.5 Å². The van der Waals surface area contributed by atoms with Crippen LogP contribution in [0.3, 0.4) is 0 Å². The van der Waals surface area contributed by atoms with Crippen molar-refractivity contribution < 1.29 is 8.42 Å². The highest BCUT2D eigenvalue weighted by atomic mass is 79.9. The van der Waals surface area contributed by atoms with Gasteiger partial charge in [-0.15, -0.1) is 11.3 Å². The predicted molar refractivity (Wildman–Crippen MR) is 73.9 cm³/mol. The third-order valence-electron chi connectivity index (χ3n) is 3.30. The summed E-state index contributed by atoms with van der Waals surface area (Å²) in [5.74, 6) is 0.437. The summed E-state index contributed by atoms with van der Waals surface area (Å²) in [6.07, 6.45) is 3.17. The van der Waals surface area contributed by atoms with Gasteiger partial charge in [0.15, 0.2) is 0 Å². The quantitative estimate of drug-likeness (QED) is 0.919. The molecule has 0 aromatic carbocycles. The van der Waals surface area contributed by atoms with E-state index < -0.39 is 10.0 Å². The Morgan fingerprint density at radius 3 is 2.65 bits per heavy atom. The Balaban J connectivity index is 2.22. The van der Waals surface area contributed by atoms with Crippen LogP contribution < -0.4 is 4.72 Å². The summed E-state index contributed by atoms with van der Waals surface area (Å²) in [5, 5.41) is 0. The summed E-state index contributed by atoms with van der Waals surface area (Å²) in [7, 11) is -3.36. The molecule has 0 amide bonds. The summed E-state index contributed by atoms with van der Waals surface area (Å²) in [5.41, 5.74) is 0. The van der Waals surface area contributed by atoms with E-state index in [-0.39, 0.29) is 6.04 Å². The molecule has 6 heteroatoms. The lowest BCUT2D eigenvalue weighted by atomic mass is 10.1. The fraction of sp³-hybridized carbons (Fsp3) is 0.636. The predicted octanol–water partition coefficient (Wildman–Crippen LogP) is 3.29. The molecular weight excluding hydrogens is 322 g/mol. The van der Waals surface area contributed by atoms with Gasteiger partial charge in [-0.3, -0.25) is 0 Å². The minimum Gasteiger partial charge on any atom is -0.208 e. The first-order chi connectivity index (χ1) is 7.90. The maximum atomic E-state index is 12.2. The van der Waals surface area contributed by atoms with Gasteiger partial charge in [0.2, 0.25) is 10.0 Å². The monoisotopic (exact) mass is 337 g/mol. The van der Waals surface area contributed by atoms with E-state index in [1.165, 1.54) is 11.3 Å². The Labute approximate surface area is 115 Å². The van der Waals surface area contributed by atoms with Gasteiger partial charge in [0.1, 0.15) is 0 Å². The Bertz CT molecular complexity index is 510. The molecule has 1 aromatic rings. The summed E-state index contributed by atoms with van der Waals surface area (Å²) >= 11 is 4.78. The average molecular weight is 338 g/mol. The molecule has 2 rings (SSSR count). The van der Waals surface area contributed by atoms with Crippen molar-refractivity contribution >= 4 is 37.3 Å². The van der Waals surface area contributed by atoms with Crippen molar-refractivity contribution in [3.63, 3.8) is 0 Å². The van der Waals surface area contributed by atoms with Gasteiger partial charge >= 0.3 is 0 Å². The van der Waals surface area contributed by atoms with Crippen molar-refractivity contribution in [2.24, 2.45) is 5.92 Å². The highest BCUT2D eigenvalue weighted by Crippen LogP contribution is 2.31. The van der Waals surface area contributed by atoms with Crippen LogP contribution in [0.25, 0.3) is 0 Å². The zero-order valence-corrected chi connectivity index (χ0v) is 13.1. The highest BCUT2D eigenvalue weighted by molar-refractivity contribution is 9.11. The number of sulfonamides is 1. The van der Waals surface area contributed by atoms with Gasteiger partial charge in [0.25, 0.3) is 0 Å². The van der Waals surface area contributed by atoms with Gasteiger partial charge in [-0.2, -0.15) is 0 Å². The van der Waals surface area contributed by atoms with E-state index in [2.05, 4.69) is 27.6 Å². The van der Waals surface area contributed by atoms with Gasteiger partial charge in [-0.1, -0.05) is 13.3 Å². The topological polar surface area (TPSA) is 46.2 Å². The lowest BCUT2D eigenvalue weighted by molar-refractivity contribution is 0.476. The molecule has 1 aliphatic carbocycles. The van der Waals surface area contributed by atoms with Gasteiger partial charge in [-0.25, -0.2) is 13.1 Å². The number of hydrogen-bond donors (Lipinski definition) is 1. The Morgan fingerprint density at radius 1 is 1.47 bits per heavy atom. The Kier molecular flexibility index (Phi) is 3.97. The molecule has 1 aliphatic rings. The number of halogens is 1. The molecule has 0 saturated heterocycles. The molecule has 0 spiro atoms. The minimum absolute atomic E-state index is 0.0954. The van der Waals surface area contributed by atoms with Crippen LogP contribution in [0.5, 0.6) is 0 Å². The summed E-state index contributed by atoms with van der Waals surface area (Å²) in [6.45, 7) is 3.94. The van der Waals surface area contributed by atoms with Crippen LogP contribution in [0.1, 0.15) is 31.1 Å². The fourth-order valence-corrected chi connectivity index (χ4v) is 6.07. The van der Waals surface area contributed by atoms with Gasteiger partial charge in [-0.05, 0) is 47.7 Å². The normalized spacial score (nSPS) is 25.4. The molecule has 0 radical (unpaired) electrons. The standard InChI is InChI=1S/C11H16BrNO2S2/c1-7-4-3-5-9(7)13-17(14,15)10-6-11(12)16-8(10)2/h6-7,9,13H,3-5H2,1-2H3. The van der Waals surface area contributed by atoms with Crippen molar-refractivity contribution in [1.29, 1.82) is 0 Å². The second-order valence-corrected chi connectivity index (χ2v) is 8.92. The summed E-state index contributed by atoms with van der Waals surface area (Å²) in [4.78, 5) is 1.24. The van der Waals surface area contributed by atoms with Crippen molar-refractivity contribution in [2.75, 3.05) is 0 Å². The van der Waals surface area contributed by atoms with E-state index in [1.54, 1.807) is 6.07 Å². The van der Waals surface area contributed by atoms with E-state index in [0.29, 0.717) is 10.8 Å². The van der Waals surface area contributed by atoms with E-state index >= 15 is 0 Å². The second-order valence-electron chi connectivity index (χ2n) is 4.61. The van der Waals surface area contributed by atoms with Gasteiger partial charge in [0.05, 0.1) is 8.68 Å². The molecule has 2 atom stereocenters. The molecule has 1 fully saturated rings. The number of aryl methyl sites for hydroxylation is 1. The van der Waals surface area contributed by atoms with E-state index in [0.717, 1.165) is 27.9 Å². The molecule has 0 aliphatic heterocycles. The van der Waals surface area contributed by atoms with Gasteiger partial charge < -0.3 is 0 Å². The average Bonchev–Trinajstić information content (AvgIpc) is 2.74. The number of thiophene rings is 1. The van der Waals surface area contributed by atoms with Crippen LogP contribution in [0.4, 0.5) is 0 Å². The lowest BCUT2D eigenvalue weighted by Gasteiger charge is -2.17. The van der Waals surface area contributed by atoms with E-state index in [4.69, 9.17) is 0 Å². The van der Waals surface area contributed by atoms with Crippen molar-refractivity contribution in [1.82, 2.24) is 4.72 Å². The SMILES string of the molecule is Cc1sc(Br)cc1S(=O)(=O)NC1CCCC1C. The first-order valence-corrected chi connectivity index (χ1v) is 8.77. The number of rotatable bonds is 3. The van der Waals surface area contributed by atoms with E-state index in [1.807, 2.05) is 6.92 Å². The van der Waals surface area contributed by atoms with Crippen molar-refractivity contribution in [2.45, 2.75) is 44.0 Å². The molecule has 1 heterocycles. The first kappa shape index (κ1) is 13.5. The first-order valence-electron chi connectivity index (χ1n) is 5.68. The molecular formula is C11H16BrNO2S2. The van der Waals surface area contributed by atoms with Crippen LogP contribution in [0.15, 0.2) is 14.7 Å². The molecule has 0 bridgehead atoms. The summed E-state index contributed by atoms with van der Waals surface area (Å²) in [6, 6.07) is 1.78. The Morgan fingerprint density at radius 2 is 2.18 bits per heavy atom. The zero-order chi connectivity index (χ0) is 12.6. The number of nitrogens with one attached hydrogen (secondary N) is 1. The highest BCUT2D eigenvalue weighted by Gasteiger charge is 2.29.